The van der Waals surface area contributed by atoms with E-state index in [2.05, 4.69) is 66.6 Å². The van der Waals surface area contributed by atoms with Crippen molar-refractivity contribution in [3.63, 3.8) is 0 Å². The molecular weight excluding hydrogens is 410 g/mol. The van der Waals surface area contributed by atoms with Crippen LogP contribution in [-0.4, -0.2) is 23.9 Å². The van der Waals surface area contributed by atoms with Crippen molar-refractivity contribution in [2.24, 2.45) is 0 Å². The maximum Gasteiger partial charge on any atom is 0.160 e. The van der Waals surface area contributed by atoms with Crippen LogP contribution < -0.4 is 25.2 Å². The first kappa shape index (κ1) is 25.9. The van der Waals surface area contributed by atoms with Gasteiger partial charge in [0.25, 0.3) is 0 Å². The monoisotopic (exact) mass is 447 g/mol. The van der Waals surface area contributed by atoms with Crippen LogP contribution in [0.15, 0.2) is 42.5 Å². The smallest absolute Gasteiger partial charge is 0.160 e. The van der Waals surface area contributed by atoms with Crippen molar-refractivity contribution in [2.45, 2.75) is 54.9 Å². The van der Waals surface area contributed by atoms with Gasteiger partial charge in [-0.2, -0.15) is 5.10 Å². The topological polar surface area (TPSA) is 56.3 Å². The van der Waals surface area contributed by atoms with Crippen LogP contribution in [0.5, 0.6) is 11.5 Å². The third-order valence-corrected chi connectivity index (χ3v) is 5.26. The summed E-state index contributed by atoms with van der Waals surface area (Å²) in [6.45, 7) is 15.1. The number of nitrogens with zero attached hydrogens (tertiary/aromatic N) is 2. The van der Waals surface area contributed by atoms with E-state index >= 15 is 0 Å². The van der Waals surface area contributed by atoms with E-state index in [1.54, 1.807) is 7.11 Å². The maximum atomic E-state index is 5.32. The van der Waals surface area contributed by atoms with Gasteiger partial charge in [0.05, 0.1) is 19.4 Å². The molecule has 0 unspecified atom stereocenters. The molecule has 5 nitrogen and oxygen atoms in total. The molecule has 0 amide bonds. The molecule has 0 aliphatic rings. The fourth-order valence-electron chi connectivity index (χ4n) is 3.61. The van der Waals surface area contributed by atoms with Crippen LogP contribution >= 0.6 is 0 Å². The highest BCUT2D eigenvalue weighted by atomic mass is 16.5. The molecule has 176 valence electrons. The van der Waals surface area contributed by atoms with Crippen molar-refractivity contribution < 1.29 is 9.47 Å². The van der Waals surface area contributed by atoms with Crippen LogP contribution in [0.1, 0.15) is 51.4 Å². The van der Waals surface area contributed by atoms with Gasteiger partial charge in [0.1, 0.15) is 11.5 Å². The molecule has 0 radical (unpaired) electrons. The Morgan fingerprint density at radius 2 is 1.79 bits per heavy atom. The zero-order valence-corrected chi connectivity index (χ0v) is 21.2. The Morgan fingerprint density at radius 3 is 2.39 bits per heavy atom. The number of methoxy groups -OCH3 is 1. The molecule has 3 rings (SSSR count). The maximum absolute atomic E-state index is 5.32. The molecule has 1 heterocycles. The summed E-state index contributed by atoms with van der Waals surface area (Å²) < 4.78 is 10.5. The molecule has 2 aromatic carbocycles. The standard InChI is InChI=1S/C18H23N3.C10H14O2/c1-6-14-9-8-10-15(11-14)19-18-16(7-2)17(12(3)4)13(5)20-21-18;1-4-12-9-6-5-8(2)10(7-9)11-3/h7-11H,6H2,1-5H3,(H,19,21);5-7H,4H2,1-3H3/b16-7+;. The Kier molecular flexibility index (Phi) is 9.92. The predicted molar refractivity (Wildman–Crippen MR) is 139 cm³/mol. The van der Waals surface area contributed by atoms with E-state index in [4.69, 9.17) is 9.47 Å². The van der Waals surface area contributed by atoms with Crippen molar-refractivity contribution in [1.29, 1.82) is 0 Å². The summed E-state index contributed by atoms with van der Waals surface area (Å²) in [6.07, 6.45) is 3.12. The zero-order valence-electron chi connectivity index (χ0n) is 21.2. The third-order valence-electron chi connectivity index (χ3n) is 5.26. The van der Waals surface area contributed by atoms with Crippen molar-refractivity contribution in [2.75, 3.05) is 19.0 Å². The highest BCUT2D eigenvalue weighted by molar-refractivity contribution is 5.60. The third kappa shape index (κ3) is 7.07. The van der Waals surface area contributed by atoms with Gasteiger partial charge in [-0.3, -0.25) is 0 Å². The Hall–Kier alpha value is -3.34. The second-order valence-electron chi connectivity index (χ2n) is 7.95. The first-order valence-corrected chi connectivity index (χ1v) is 11.4. The van der Waals surface area contributed by atoms with Crippen molar-refractivity contribution in [3.8, 4) is 11.5 Å². The number of anilines is 2. The minimum atomic E-state index is 0.687. The summed E-state index contributed by atoms with van der Waals surface area (Å²) in [7, 11) is 1.66. The van der Waals surface area contributed by atoms with E-state index in [1.807, 2.05) is 45.9 Å². The van der Waals surface area contributed by atoms with Crippen LogP contribution in [0.25, 0.3) is 11.6 Å². The van der Waals surface area contributed by atoms with Crippen molar-refractivity contribution in [1.82, 2.24) is 10.2 Å². The lowest BCUT2D eigenvalue weighted by Crippen LogP contribution is -2.33. The second kappa shape index (κ2) is 12.6. The van der Waals surface area contributed by atoms with Crippen molar-refractivity contribution >= 4 is 23.2 Å². The molecule has 0 aliphatic carbocycles. The lowest BCUT2D eigenvalue weighted by Gasteiger charge is -2.09. The fourth-order valence-corrected chi connectivity index (χ4v) is 3.61. The van der Waals surface area contributed by atoms with Crippen LogP contribution in [0.3, 0.4) is 0 Å². The van der Waals surface area contributed by atoms with Gasteiger partial charge >= 0.3 is 0 Å². The molecule has 0 atom stereocenters. The normalized spacial score (nSPS) is 10.8. The van der Waals surface area contributed by atoms with E-state index in [0.717, 1.165) is 45.9 Å². The van der Waals surface area contributed by atoms with Crippen LogP contribution in [-0.2, 0) is 6.42 Å². The second-order valence-corrected chi connectivity index (χ2v) is 7.95. The zero-order chi connectivity index (χ0) is 24.4. The molecule has 1 N–H and O–H groups in total. The van der Waals surface area contributed by atoms with Gasteiger partial charge in [0.2, 0.25) is 0 Å². The lowest BCUT2D eigenvalue weighted by molar-refractivity contribution is 0.336. The quantitative estimate of drug-likeness (QED) is 0.542. The average molecular weight is 448 g/mol. The predicted octanol–water partition coefficient (Wildman–Crippen LogP) is 5.48. The van der Waals surface area contributed by atoms with Gasteiger partial charge in [0.15, 0.2) is 5.82 Å². The number of ether oxygens (including phenoxy) is 2. The van der Waals surface area contributed by atoms with Gasteiger partial charge in [-0.15, -0.1) is 5.10 Å². The molecule has 0 saturated heterocycles. The summed E-state index contributed by atoms with van der Waals surface area (Å²) in [5.74, 6) is 2.55. The Labute approximate surface area is 198 Å². The number of hydrogen-bond donors (Lipinski definition) is 1. The van der Waals surface area contributed by atoms with Gasteiger partial charge in [-0.05, 0) is 77.3 Å². The molecular formula is C28H37N3O2. The lowest BCUT2D eigenvalue weighted by atomic mass is 10.1. The first-order chi connectivity index (χ1) is 15.8. The van der Waals surface area contributed by atoms with Gasteiger partial charge in [-0.1, -0.05) is 36.8 Å². The molecule has 33 heavy (non-hydrogen) atoms. The summed E-state index contributed by atoms with van der Waals surface area (Å²) in [5, 5.41) is 14.3. The SMILES string of the molecule is C/C=c1/c(Nc2cccc(CC)c2)nnc(C)c1=C(C)C.CCOc1ccc(C)c(OC)c1. The van der Waals surface area contributed by atoms with E-state index in [1.165, 1.54) is 16.4 Å². The fraction of sp³-hybridized carbons (Fsp3) is 0.357. The Bertz CT molecular complexity index is 1180. The molecule has 0 aliphatic heterocycles. The minimum Gasteiger partial charge on any atom is -0.496 e. The number of benzene rings is 2. The van der Waals surface area contributed by atoms with Gasteiger partial charge < -0.3 is 14.8 Å². The Morgan fingerprint density at radius 1 is 1.03 bits per heavy atom. The molecule has 0 fully saturated rings. The van der Waals surface area contributed by atoms with E-state index in [0.29, 0.717) is 6.61 Å². The molecule has 5 heteroatoms. The number of aromatic nitrogens is 2. The largest absolute Gasteiger partial charge is 0.496 e. The van der Waals surface area contributed by atoms with E-state index in [-0.39, 0.29) is 0 Å². The van der Waals surface area contributed by atoms with Gasteiger partial charge in [0, 0.05) is 22.2 Å². The van der Waals surface area contributed by atoms with Crippen LogP contribution in [0.4, 0.5) is 11.5 Å². The number of nitrogens with one attached hydrogen (secondary N) is 1. The molecule has 0 spiro atoms. The summed E-state index contributed by atoms with van der Waals surface area (Å²) in [4.78, 5) is 0. The number of aryl methyl sites for hydroxylation is 3. The number of rotatable bonds is 6. The first-order valence-electron chi connectivity index (χ1n) is 11.4. The molecule has 1 aromatic heterocycles. The molecule has 3 aromatic rings. The van der Waals surface area contributed by atoms with E-state index < -0.39 is 0 Å². The molecule has 0 saturated carbocycles. The Balaban J connectivity index is 0.000000273. The summed E-state index contributed by atoms with van der Waals surface area (Å²) in [5.41, 5.74) is 5.70. The van der Waals surface area contributed by atoms with Crippen molar-refractivity contribution in [3.05, 3.63) is 69.7 Å². The summed E-state index contributed by atoms with van der Waals surface area (Å²) >= 11 is 0. The summed E-state index contributed by atoms with van der Waals surface area (Å²) in [6, 6.07) is 14.2. The molecule has 0 bridgehead atoms. The van der Waals surface area contributed by atoms with Crippen LogP contribution in [0.2, 0.25) is 0 Å². The highest BCUT2D eigenvalue weighted by Crippen LogP contribution is 2.23. The van der Waals surface area contributed by atoms with Crippen LogP contribution in [0, 0.1) is 13.8 Å². The highest BCUT2D eigenvalue weighted by Gasteiger charge is 2.05. The average Bonchev–Trinajstić information content (AvgIpc) is 2.81. The van der Waals surface area contributed by atoms with Gasteiger partial charge in [-0.25, -0.2) is 0 Å². The minimum absolute atomic E-state index is 0.687. The number of hydrogen-bond acceptors (Lipinski definition) is 5. The van der Waals surface area contributed by atoms with E-state index in [9.17, 15) is 0 Å².